The molecule has 0 amide bonds. The predicted molar refractivity (Wildman–Crippen MR) is 52.0 cm³/mol. The molecule has 14 heavy (non-hydrogen) atoms. The van der Waals surface area contributed by atoms with Gasteiger partial charge in [-0.25, -0.2) is 8.42 Å². The molecule has 0 aromatic heterocycles. The lowest BCUT2D eigenvalue weighted by Gasteiger charge is -2.10. The van der Waals surface area contributed by atoms with E-state index in [0.29, 0.717) is 13.0 Å². The average Bonchev–Trinajstić information content (AvgIpc) is 2.11. The third-order valence-corrected chi connectivity index (χ3v) is 4.18. The summed E-state index contributed by atoms with van der Waals surface area (Å²) in [6.45, 7) is 1.93. The Morgan fingerprint density at radius 1 is 1.50 bits per heavy atom. The first kappa shape index (κ1) is 13.4. The molecule has 1 unspecified atom stereocenters. The molecule has 0 fully saturated rings. The lowest BCUT2D eigenvalue weighted by molar-refractivity contribution is -0.136. The lowest BCUT2D eigenvalue weighted by atomic mass is 10.3. The highest BCUT2D eigenvalue weighted by Gasteiger charge is 2.21. The quantitative estimate of drug-likeness (QED) is 0.672. The molecule has 1 N–H and O–H groups in total. The zero-order valence-corrected chi connectivity index (χ0v) is 9.21. The summed E-state index contributed by atoms with van der Waals surface area (Å²) in [5.41, 5.74) is 0. The molecule has 84 valence electrons. The van der Waals surface area contributed by atoms with E-state index in [-0.39, 0.29) is 12.2 Å². The lowest BCUT2D eigenvalue weighted by Crippen LogP contribution is -2.23. The second-order valence-corrected chi connectivity index (χ2v) is 5.64. The van der Waals surface area contributed by atoms with Gasteiger partial charge < -0.3 is 9.84 Å². The number of hydrogen-bond donors (Lipinski definition) is 1. The van der Waals surface area contributed by atoms with Crippen LogP contribution < -0.4 is 0 Å². The average molecular weight is 224 g/mol. The molecule has 0 saturated heterocycles. The Bertz CT molecular complexity index is 269. The second kappa shape index (κ2) is 5.98. The van der Waals surface area contributed by atoms with Crippen molar-refractivity contribution in [3.8, 4) is 0 Å². The minimum absolute atomic E-state index is 0.298. The molecule has 0 saturated carbocycles. The maximum atomic E-state index is 11.4. The van der Waals surface area contributed by atoms with Gasteiger partial charge in [-0.05, 0) is 13.3 Å². The highest BCUT2D eigenvalue weighted by atomic mass is 32.2. The Kier molecular flexibility index (Phi) is 5.71. The van der Waals surface area contributed by atoms with Crippen molar-refractivity contribution in [2.75, 3.05) is 19.5 Å². The standard InChI is InChI=1S/C8H16O5S/c1-7(3-5-13-2)14(11,12)6-4-8(9)10/h7H,3-6H2,1-2H3,(H,9,10). The van der Waals surface area contributed by atoms with Crippen LogP contribution in [-0.4, -0.2) is 44.2 Å². The smallest absolute Gasteiger partial charge is 0.304 e. The van der Waals surface area contributed by atoms with Crippen molar-refractivity contribution >= 4 is 15.8 Å². The van der Waals surface area contributed by atoms with Crippen molar-refractivity contribution in [3.63, 3.8) is 0 Å². The van der Waals surface area contributed by atoms with Gasteiger partial charge in [-0.3, -0.25) is 4.79 Å². The molecular weight excluding hydrogens is 208 g/mol. The van der Waals surface area contributed by atoms with Crippen molar-refractivity contribution in [3.05, 3.63) is 0 Å². The van der Waals surface area contributed by atoms with Crippen molar-refractivity contribution in [1.82, 2.24) is 0 Å². The van der Waals surface area contributed by atoms with Crippen LogP contribution >= 0.6 is 0 Å². The van der Waals surface area contributed by atoms with Crippen LogP contribution in [0.25, 0.3) is 0 Å². The number of rotatable bonds is 7. The molecule has 0 rings (SSSR count). The van der Waals surface area contributed by atoms with Crippen LogP contribution in [0.4, 0.5) is 0 Å². The summed E-state index contributed by atoms with van der Waals surface area (Å²) in [7, 11) is -1.79. The molecule has 0 aliphatic carbocycles. The number of methoxy groups -OCH3 is 1. The van der Waals surface area contributed by atoms with Gasteiger partial charge in [-0.15, -0.1) is 0 Å². The van der Waals surface area contributed by atoms with Gasteiger partial charge in [0, 0.05) is 13.7 Å². The maximum Gasteiger partial charge on any atom is 0.304 e. The normalized spacial score (nSPS) is 13.9. The third kappa shape index (κ3) is 5.18. The van der Waals surface area contributed by atoms with Crippen LogP contribution in [0.15, 0.2) is 0 Å². The van der Waals surface area contributed by atoms with E-state index in [1.807, 2.05) is 0 Å². The maximum absolute atomic E-state index is 11.4. The van der Waals surface area contributed by atoms with Crippen LogP contribution in [0.5, 0.6) is 0 Å². The number of carbonyl (C=O) groups is 1. The Morgan fingerprint density at radius 2 is 2.07 bits per heavy atom. The molecule has 0 aliphatic heterocycles. The largest absolute Gasteiger partial charge is 0.481 e. The minimum Gasteiger partial charge on any atom is -0.481 e. The molecule has 1 atom stereocenters. The number of carboxylic acid groups (broad SMARTS) is 1. The molecule has 0 radical (unpaired) electrons. The summed E-state index contributed by atoms with van der Waals surface area (Å²) in [5, 5.41) is 7.81. The number of carboxylic acids is 1. The van der Waals surface area contributed by atoms with E-state index >= 15 is 0 Å². The Labute approximate surface area is 84.0 Å². The summed E-state index contributed by atoms with van der Waals surface area (Å²) in [4.78, 5) is 10.2. The fourth-order valence-corrected chi connectivity index (χ4v) is 2.21. The van der Waals surface area contributed by atoms with Gasteiger partial charge in [0.15, 0.2) is 9.84 Å². The first-order chi connectivity index (χ1) is 6.40. The molecule has 0 aromatic carbocycles. The van der Waals surface area contributed by atoms with E-state index in [1.165, 1.54) is 7.11 Å². The molecule has 0 heterocycles. The summed E-state index contributed by atoms with van der Waals surface area (Å²) in [6, 6.07) is 0. The second-order valence-electron chi connectivity index (χ2n) is 3.10. The molecule has 0 aromatic rings. The highest BCUT2D eigenvalue weighted by molar-refractivity contribution is 7.92. The van der Waals surface area contributed by atoms with Crippen LogP contribution in [0.2, 0.25) is 0 Å². The molecule has 0 spiro atoms. The van der Waals surface area contributed by atoms with Crippen molar-refractivity contribution in [1.29, 1.82) is 0 Å². The fourth-order valence-electron chi connectivity index (χ4n) is 0.894. The molecule has 0 aliphatic rings. The van der Waals surface area contributed by atoms with Gasteiger partial charge in [0.25, 0.3) is 0 Å². The van der Waals surface area contributed by atoms with Gasteiger partial charge >= 0.3 is 5.97 Å². The fraction of sp³-hybridized carbons (Fsp3) is 0.875. The summed E-state index contributed by atoms with van der Waals surface area (Å²) >= 11 is 0. The van der Waals surface area contributed by atoms with E-state index in [1.54, 1.807) is 6.92 Å². The summed E-state index contributed by atoms with van der Waals surface area (Å²) in [5.74, 6) is -1.39. The molecule has 0 bridgehead atoms. The zero-order chi connectivity index (χ0) is 11.2. The van der Waals surface area contributed by atoms with Crippen LogP contribution in [-0.2, 0) is 19.4 Å². The summed E-state index contributed by atoms with van der Waals surface area (Å²) < 4.78 is 27.6. The Balaban J connectivity index is 4.10. The van der Waals surface area contributed by atoms with Gasteiger partial charge in [-0.1, -0.05) is 0 Å². The van der Waals surface area contributed by atoms with Crippen LogP contribution in [0.1, 0.15) is 19.8 Å². The Morgan fingerprint density at radius 3 is 2.50 bits per heavy atom. The van der Waals surface area contributed by atoms with E-state index < -0.39 is 21.1 Å². The molecule has 6 heteroatoms. The van der Waals surface area contributed by atoms with Gasteiger partial charge in [0.05, 0.1) is 17.4 Å². The van der Waals surface area contributed by atoms with E-state index in [4.69, 9.17) is 9.84 Å². The first-order valence-electron chi connectivity index (χ1n) is 4.32. The third-order valence-electron chi connectivity index (χ3n) is 1.94. The van der Waals surface area contributed by atoms with E-state index in [2.05, 4.69) is 0 Å². The van der Waals surface area contributed by atoms with Crippen molar-refractivity contribution in [2.45, 2.75) is 25.0 Å². The molecule has 5 nitrogen and oxygen atoms in total. The number of aliphatic carboxylic acids is 1. The van der Waals surface area contributed by atoms with E-state index in [9.17, 15) is 13.2 Å². The van der Waals surface area contributed by atoms with E-state index in [0.717, 1.165) is 0 Å². The van der Waals surface area contributed by atoms with Crippen molar-refractivity contribution < 1.29 is 23.1 Å². The first-order valence-corrected chi connectivity index (χ1v) is 6.04. The highest BCUT2D eigenvalue weighted by Crippen LogP contribution is 2.08. The van der Waals surface area contributed by atoms with Crippen LogP contribution in [0.3, 0.4) is 0 Å². The SMILES string of the molecule is COCCC(C)S(=O)(=O)CCC(=O)O. The summed E-state index contributed by atoms with van der Waals surface area (Å²) in [6.07, 6.45) is 0.0676. The van der Waals surface area contributed by atoms with Gasteiger partial charge in [0.2, 0.25) is 0 Å². The Hall–Kier alpha value is -0.620. The van der Waals surface area contributed by atoms with Gasteiger partial charge in [0.1, 0.15) is 0 Å². The topological polar surface area (TPSA) is 80.7 Å². The van der Waals surface area contributed by atoms with Crippen LogP contribution in [0, 0.1) is 0 Å². The minimum atomic E-state index is -3.29. The number of hydrogen-bond acceptors (Lipinski definition) is 4. The predicted octanol–water partition coefficient (Wildman–Crippen LogP) is 0.301. The van der Waals surface area contributed by atoms with Crippen molar-refractivity contribution in [2.24, 2.45) is 0 Å². The number of ether oxygens (including phenoxy) is 1. The van der Waals surface area contributed by atoms with Gasteiger partial charge in [-0.2, -0.15) is 0 Å². The molecular formula is C8H16O5S. The zero-order valence-electron chi connectivity index (χ0n) is 8.39. The number of sulfone groups is 1. The monoisotopic (exact) mass is 224 g/mol.